The van der Waals surface area contributed by atoms with Crippen molar-refractivity contribution in [3.63, 3.8) is 0 Å². The zero-order valence-corrected chi connectivity index (χ0v) is 7.70. The molecule has 14 heavy (non-hydrogen) atoms. The molecule has 0 aromatic heterocycles. The Labute approximate surface area is 82.4 Å². The fourth-order valence-electron chi connectivity index (χ4n) is 1.22. The van der Waals surface area contributed by atoms with Crippen molar-refractivity contribution in [3.05, 3.63) is 34.4 Å². The fourth-order valence-corrected chi connectivity index (χ4v) is 1.22. The summed E-state index contributed by atoms with van der Waals surface area (Å²) in [5, 5.41) is 26.1. The van der Waals surface area contributed by atoms with Crippen LogP contribution < -0.4 is 0 Å². The number of rotatable bonds is 1. The van der Waals surface area contributed by atoms with Crippen LogP contribution in [0.25, 0.3) is 0 Å². The van der Waals surface area contributed by atoms with E-state index in [2.05, 4.69) is 0 Å². The Kier molecular flexibility index (Phi) is 2.85. The number of benzene rings is 1. The van der Waals surface area contributed by atoms with E-state index < -0.39 is 0 Å². The fraction of sp³-hybridized carbons (Fsp3) is 0.182. The molecule has 0 saturated carbocycles. The second kappa shape index (κ2) is 4.08. The molecule has 3 nitrogen and oxygen atoms in total. The third-order valence-electron chi connectivity index (χ3n) is 1.96. The van der Waals surface area contributed by atoms with Gasteiger partial charge in [0.05, 0.1) is 35.8 Å². The predicted molar refractivity (Wildman–Crippen MR) is 49.9 cm³/mol. The lowest BCUT2D eigenvalue weighted by molar-refractivity contribution is 1.21. The van der Waals surface area contributed by atoms with E-state index in [1.807, 2.05) is 18.2 Å². The van der Waals surface area contributed by atoms with Crippen LogP contribution in [0.3, 0.4) is 0 Å². The smallest absolute Gasteiger partial charge is 0.0995 e. The molecule has 0 aliphatic heterocycles. The van der Waals surface area contributed by atoms with E-state index in [0.717, 1.165) is 5.56 Å². The summed E-state index contributed by atoms with van der Waals surface area (Å²) in [4.78, 5) is 0. The van der Waals surface area contributed by atoms with Crippen LogP contribution in [-0.2, 0) is 6.42 Å². The minimum absolute atomic E-state index is 0.204. The van der Waals surface area contributed by atoms with Crippen LogP contribution in [0.1, 0.15) is 22.3 Å². The number of hydrogen-bond donors (Lipinski definition) is 0. The van der Waals surface area contributed by atoms with Gasteiger partial charge in [0.2, 0.25) is 0 Å². The molecule has 3 heteroatoms. The molecule has 0 amide bonds. The van der Waals surface area contributed by atoms with E-state index in [1.165, 1.54) is 6.07 Å². The van der Waals surface area contributed by atoms with Crippen molar-refractivity contribution < 1.29 is 0 Å². The van der Waals surface area contributed by atoms with Gasteiger partial charge in [0, 0.05) is 0 Å². The maximum Gasteiger partial charge on any atom is 0.0995 e. The second-order valence-electron chi connectivity index (χ2n) is 2.88. The monoisotopic (exact) mass is 181 g/mol. The van der Waals surface area contributed by atoms with E-state index in [4.69, 9.17) is 15.8 Å². The Morgan fingerprint density at radius 3 is 2.21 bits per heavy atom. The van der Waals surface area contributed by atoms with Crippen LogP contribution in [0.4, 0.5) is 0 Å². The average molecular weight is 181 g/mol. The first-order chi connectivity index (χ1) is 6.72. The van der Waals surface area contributed by atoms with Gasteiger partial charge in [-0.15, -0.1) is 0 Å². The predicted octanol–water partition coefficient (Wildman–Crippen LogP) is 1.80. The Bertz CT molecular complexity index is 481. The van der Waals surface area contributed by atoms with Gasteiger partial charge < -0.3 is 0 Å². The first-order valence-electron chi connectivity index (χ1n) is 4.03. The highest BCUT2D eigenvalue weighted by Gasteiger charge is 2.06. The summed E-state index contributed by atoms with van der Waals surface area (Å²) in [7, 11) is 0. The molecule has 0 radical (unpaired) electrons. The maximum atomic E-state index is 8.79. The molecule has 0 aliphatic rings. The zero-order valence-electron chi connectivity index (χ0n) is 7.70. The number of nitriles is 3. The van der Waals surface area contributed by atoms with Crippen LogP contribution in [-0.4, -0.2) is 0 Å². The zero-order chi connectivity index (χ0) is 10.6. The summed E-state index contributed by atoms with van der Waals surface area (Å²) >= 11 is 0. The second-order valence-corrected chi connectivity index (χ2v) is 2.88. The van der Waals surface area contributed by atoms with Crippen molar-refractivity contribution in [2.24, 2.45) is 0 Å². The maximum absolute atomic E-state index is 8.79. The van der Waals surface area contributed by atoms with E-state index in [-0.39, 0.29) is 6.42 Å². The van der Waals surface area contributed by atoms with E-state index in [0.29, 0.717) is 16.7 Å². The molecule has 0 unspecified atom stereocenters. The van der Waals surface area contributed by atoms with Crippen LogP contribution >= 0.6 is 0 Å². The van der Waals surface area contributed by atoms with Crippen molar-refractivity contribution in [1.82, 2.24) is 0 Å². The summed E-state index contributed by atoms with van der Waals surface area (Å²) in [5.74, 6) is 0. The summed E-state index contributed by atoms with van der Waals surface area (Å²) in [6.07, 6.45) is 0.204. The van der Waals surface area contributed by atoms with Gasteiger partial charge in [-0.25, -0.2) is 0 Å². The van der Waals surface area contributed by atoms with E-state index in [9.17, 15) is 0 Å². The van der Waals surface area contributed by atoms with Gasteiger partial charge in [0.15, 0.2) is 0 Å². The third kappa shape index (κ3) is 1.71. The Hall–Kier alpha value is -2.31. The number of nitrogens with zero attached hydrogens (tertiary/aromatic N) is 3. The Balaban J connectivity index is 3.37. The van der Waals surface area contributed by atoms with Gasteiger partial charge in [0.25, 0.3) is 0 Å². The molecule has 0 fully saturated rings. The van der Waals surface area contributed by atoms with Gasteiger partial charge in [-0.3, -0.25) is 0 Å². The van der Waals surface area contributed by atoms with Crippen molar-refractivity contribution in [3.8, 4) is 18.2 Å². The minimum atomic E-state index is 0.204. The largest absolute Gasteiger partial charge is 0.198 e. The molecule has 1 aromatic carbocycles. The van der Waals surface area contributed by atoms with Gasteiger partial charge in [-0.2, -0.15) is 15.8 Å². The first kappa shape index (κ1) is 9.78. The summed E-state index contributed by atoms with van der Waals surface area (Å²) in [5.41, 5.74) is 2.39. The number of aryl methyl sites for hydroxylation is 1. The van der Waals surface area contributed by atoms with Crippen LogP contribution in [0.5, 0.6) is 0 Å². The lowest BCUT2D eigenvalue weighted by atomic mass is 9.99. The lowest BCUT2D eigenvalue weighted by Crippen LogP contribution is -1.93. The molecule has 1 aromatic rings. The van der Waals surface area contributed by atoms with Gasteiger partial charge >= 0.3 is 0 Å². The minimum Gasteiger partial charge on any atom is -0.198 e. The topological polar surface area (TPSA) is 71.4 Å². The van der Waals surface area contributed by atoms with Gasteiger partial charge in [0.1, 0.15) is 0 Å². The molecular weight excluding hydrogens is 174 g/mol. The molecule has 0 N–H and O–H groups in total. The molecule has 0 bridgehead atoms. The summed E-state index contributed by atoms with van der Waals surface area (Å²) in [6.45, 7) is 1.79. The molecule has 1 rings (SSSR count). The highest BCUT2D eigenvalue weighted by Crippen LogP contribution is 2.15. The molecule has 66 valence electrons. The third-order valence-corrected chi connectivity index (χ3v) is 1.96. The molecular formula is C11H7N3. The standard InChI is InChI=1S/C11H7N3/c1-8-4-9(2-3-12)11(7-14)5-10(8)6-13/h4-5H,2H2,1H3. The van der Waals surface area contributed by atoms with E-state index >= 15 is 0 Å². The van der Waals surface area contributed by atoms with E-state index in [1.54, 1.807) is 13.0 Å². The van der Waals surface area contributed by atoms with Gasteiger partial charge in [-0.05, 0) is 24.1 Å². The number of hydrogen-bond acceptors (Lipinski definition) is 3. The Morgan fingerprint density at radius 1 is 1.07 bits per heavy atom. The molecule has 0 saturated heterocycles. The van der Waals surface area contributed by atoms with Crippen LogP contribution in [0, 0.1) is 40.9 Å². The molecule has 0 aliphatic carbocycles. The quantitative estimate of drug-likeness (QED) is 0.663. The average Bonchev–Trinajstić information content (AvgIpc) is 2.19. The highest BCUT2D eigenvalue weighted by atomic mass is 14.3. The molecule has 0 heterocycles. The molecule has 0 spiro atoms. The summed E-state index contributed by atoms with van der Waals surface area (Å²) < 4.78 is 0. The lowest BCUT2D eigenvalue weighted by Gasteiger charge is -2.02. The normalized spacial score (nSPS) is 8.43. The summed E-state index contributed by atoms with van der Waals surface area (Å²) in [6, 6.07) is 9.23. The van der Waals surface area contributed by atoms with Crippen LogP contribution in [0.15, 0.2) is 12.1 Å². The van der Waals surface area contributed by atoms with Crippen molar-refractivity contribution in [1.29, 1.82) is 15.8 Å². The SMILES string of the molecule is Cc1cc(CC#N)c(C#N)cc1C#N. The molecule has 0 atom stereocenters. The highest BCUT2D eigenvalue weighted by molar-refractivity contribution is 5.49. The van der Waals surface area contributed by atoms with Crippen LogP contribution in [0.2, 0.25) is 0 Å². The first-order valence-corrected chi connectivity index (χ1v) is 4.03. The van der Waals surface area contributed by atoms with Gasteiger partial charge in [-0.1, -0.05) is 6.07 Å². The Morgan fingerprint density at radius 2 is 1.71 bits per heavy atom. The van der Waals surface area contributed by atoms with Crippen molar-refractivity contribution in [2.45, 2.75) is 13.3 Å². The van der Waals surface area contributed by atoms with Crippen molar-refractivity contribution in [2.75, 3.05) is 0 Å². The van der Waals surface area contributed by atoms with Crippen molar-refractivity contribution >= 4 is 0 Å².